The van der Waals surface area contributed by atoms with Crippen LogP contribution in [-0.4, -0.2) is 35.6 Å². The van der Waals surface area contributed by atoms with Gasteiger partial charge in [-0.3, -0.25) is 4.99 Å². The zero-order valence-corrected chi connectivity index (χ0v) is 14.8. The molecule has 2 rings (SSSR count). The fourth-order valence-electron chi connectivity index (χ4n) is 2.04. The second-order valence-corrected chi connectivity index (χ2v) is 5.20. The van der Waals surface area contributed by atoms with Crippen LogP contribution >= 0.6 is 24.0 Å². The Morgan fingerprint density at radius 2 is 2.20 bits per heavy atom. The Balaban J connectivity index is 0.00000200. The molecule has 1 aromatic heterocycles. The first-order chi connectivity index (χ1) is 9.29. The predicted molar refractivity (Wildman–Crippen MR) is 93.7 cm³/mol. The number of aryl methyl sites for hydroxylation is 2. The van der Waals surface area contributed by atoms with E-state index in [1.54, 1.807) is 0 Å². The average molecular weight is 391 g/mol. The van der Waals surface area contributed by atoms with Gasteiger partial charge in [0.2, 0.25) is 0 Å². The van der Waals surface area contributed by atoms with Crippen LogP contribution in [0.3, 0.4) is 0 Å². The van der Waals surface area contributed by atoms with Gasteiger partial charge in [0.25, 0.3) is 0 Å². The van der Waals surface area contributed by atoms with E-state index in [1.165, 1.54) is 12.8 Å². The summed E-state index contributed by atoms with van der Waals surface area (Å²) in [6, 6.07) is 0. The van der Waals surface area contributed by atoms with Crippen LogP contribution in [0.4, 0.5) is 0 Å². The average Bonchev–Trinajstić information content (AvgIpc) is 3.16. The molecule has 1 fully saturated rings. The van der Waals surface area contributed by atoms with Gasteiger partial charge in [-0.15, -0.1) is 24.0 Å². The van der Waals surface area contributed by atoms with E-state index in [9.17, 15) is 0 Å². The van der Waals surface area contributed by atoms with Gasteiger partial charge in [-0.25, -0.2) is 4.98 Å². The van der Waals surface area contributed by atoms with Gasteiger partial charge in [-0.1, -0.05) is 0 Å². The third-order valence-electron chi connectivity index (χ3n) is 3.52. The lowest BCUT2D eigenvalue weighted by Gasteiger charge is -2.11. The van der Waals surface area contributed by atoms with Crippen LogP contribution in [0.1, 0.15) is 31.5 Å². The molecule has 1 aromatic rings. The highest BCUT2D eigenvalue weighted by Crippen LogP contribution is 2.27. The number of nitrogens with zero attached hydrogens (tertiary/aromatic N) is 3. The minimum atomic E-state index is 0. The topological polar surface area (TPSA) is 54.2 Å². The number of rotatable bonds is 7. The maximum Gasteiger partial charge on any atom is 0.190 e. The Hall–Kier alpha value is -0.790. The molecule has 0 unspecified atom stereocenters. The zero-order valence-electron chi connectivity index (χ0n) is 12.4. The Morgan fingerprint density at radius 1 is 1.40 bits per heavy atom. The molecular weight excluding hydrogens is 365 g/mol. The van der Waals surface area contributed by atoms with Crippen LogP contribution < -0.4 is 10.6 Å². The summed E-state index contributed by atoms with van der Waals surface area (Å²) in [5, 5.41) is 6.73. The van der Waals surface area contributed by atoms with Crippen molar-refractivity contribution < 1.29 is 0 Å². The van der Waals surface area contributed by atoms with Crippen molar-refractivity contribution in [3.05, 3.63) is 18.2 Å². The first-order valence-electron chi connectivity index (χ1n) is 7.22. The van der Waals surface area contributed by atoms with E-state index in [2.05, 4.69) is 25.2 Å². The molecule has 0 bridgehead atoms. The first-order valence-corrected chi connectivity index (χ1v) is 7.22. The number of imidazole rings is 1. The van der Waals surface area contributed by atoms with Crippen molar-refractivity contribution in [1.29, 1.82) is 0 Å². The van der Waals surface area contributed by atoms with E-state index in [0.29, 0.717) is 0 Å². The van der Waals surface area contributed by atoms with E-state index >= 15 is 0 Å². The number of aromatic nitrogens is 2. The third-order valence-corrected chi connectivity index (χ3v) is 3.52. The normalized spacial score (nSPS) is 14.8. The molecule has 5 nitrogen and oxygen atoms in total. The van der Waals surface area contributed by atoms with Crippen molar-refractivity contribution in [2.45, 2.75) is 39.2 Å². The monoisotopic (exact) mass is 391 g/mol. The Bertz CT molecular complexity index is 411. The number of unbranched alkanes of at least 4 members (excludes halogenated alkanes) is 1. The standard InChI is InChI=1S/C14H25N5.HI/c1-12-16-8-10-19(12)9-4-3-7-17-14(15-2)18-11-13-5-6-13;/h8,10,13H,3-7,9,11H2,1-2H3,(H2,15,17,18);1H. The maximum atomic E-state index is 4.23. The number of hydrogen-bond acceptors (Lipinski definition) is 2. The number of aliphatic imine (C=N–C) groups is 1. The van der Waals surface area contributed by atoms with Gasteiger partial charge in [0.1, 0.15) is 5.82 Å². The van der Waals surface area contributed by atoms with Crippen LogP contribution in [0.15, 0.2) is 17.4 Å². The molecule has 114 valence electrons. The number of guanidine groups is 1. The fraction of sp³-hybridized carbons (Fsp3) is 0.714. The van der Waals surface area contributed by atoms with E-state index in [-0.39, 0.29) is 24.0 Å². The molecular formula is C14H26IN5. The first kappa shape index (κ1) is 17.3. The van der Waals surface area contributed by atoms with Gasteiger partial charge in [-0.2, -0.15) is 0 Å². The Labute approximate surface area is 138 Å². The molecule has 0 radical (unpaired) electrons. The smallest absolute Gasteiger partial charge is 0.190 e. The van der Waals surface area contributed by atoms with Crippen molar-refractivity contribution in [2.75, 3.05) is 20.1 Å². The number of halogens is 1. The molecule has 0 atom stereocenters. The van der Waals surface area contributed by atoms with E-state index in [1.807, 2.05) is 26.4 Å². The summed E-state index contributed by atoms with van der Waals surface area (Å²) in [6.07, 6.45) is 8.93. The summed E-state index contributed by atoms with van der Waals surface area (Å²) >= 11 is 0. The predicted octanol–water partition coefficient (Wildman–Crippen LogP) is 2.16. The molecule has 6 heteroatoms. The largest absolute Gasteiger partial charge is 0.356 e. The summed E-state index contributed by atoms with van der Waals surface area (Å²) < 4.78 is 2.19. The van der Waals surface area contributed by atoms with Crippen LogP contribution in [0.25, 0.3) is 0 Å². The van der Waals surface area contributed by atoms with E-state index in [0.717, 1.165) is 50.2 Å². The van der Waals surface area contributed by atoms with Crippen molar-refractivity contribution in [2.24, 2.45) is 10.9 Å². The van der Waals surface area contributed by atoms with Crippen LogP contribution in [-0.2, 0) is 6.54 Å². The van der Waals surface area contributed by atoms with Crippen molar-refractivity contribution in [1.82, 2.24) is 20.2 Å². The molecule has 0 amide bonds. The van der Waals surface area contributed by atoms with Crippen molar-refractivity contribution in [3.63, 3.8) is 0 Å². The zero-order chi connectivity index (χ0) is 13.5. The van der Waals surface area contributed by atoms with Gasteiger partial charge in [0.05, 0.1) is 0 Å². The lowest BCUT2D eigenvalue weighted by molar-refractivity contribution is 0.587. The lowest BCUT2D eigenvalue weighted by atomic mass is 10.3. The van der Waals surface area contributed by atoms with Gasteiger partial charge >= 0.3 is 0 Å². The highest BCUT2D eigenvalue weighted by Gasteiger charge is 2.20. The molecule has 1 heterocycles. The number of hydrogen-bond donors (Lipinski definition) is 2. The van der Waals surface area contributed by atoms with Gasteiger partial charge in [0, 0.05) is 39.1 Å². The molecule has 1 aliphatic carbocycles. The molecule has 20 heavy (non-hydrogen) atoms. The van der Waals surface area contributed by atoms with Gasteiger partial charge < -0.3 is 15.2 Å². The van der Waals surface area contributed by atoms with E-state index in [4.69, 9.17) is 0 Å². The van der Waals surface area contributed by atoms with Crippen molar-refractivity contribution >= 4 is 29.9 Å². The second kappa shape index (κ2) is 9.20. The molecule has 0 aromatic carbocycles. The highest BCUT2D eigenvalue weighted by molar-refractivity contribution is 14.0. The summed E-state index contributed by atoms with van der Waals surface area (Å²) in [5.41, 5.74) is 0. The molecule has 1 saturated carbocycles. The highest BCUT2D eigenvalue weighted by atomic mass is 127. The van der Waals surface area contributed by atoms with Gasteiger partial charge in [0.15, 0.2) is 5.96 Å². The Morgan fingerprint density at radius 3 is 2.80 bits per heavy atom. The molecule has 0 saturated heterocycles. The van der Waals surface area contributed by atoms with Crippen LogP contribution in [0.5, 0.6) is 0 Å². The fourth-order valence-corrected chi connectivity index (χ4v) is 2.04. The van der Waals surface area contributed by atoms with E-state index < -0.39 is 0 Å². The quantitative estimate of drug-likeness (QED) is 0.324. The third kappa shape index (κ3) is 6.11. The summed E-state index contributed by atoms with van der Waals surface area (Å²) in [4.78, 5) is 8.45. The summed E-state index contributed by atoms with van der Waals surface area (Å²) in [7, 11) is 1.83. The van der Waals surface area contributed by atoms with Crippen LogP contribution in [0, 0.1) is 12.8 Å². The van der Waals surface area contributed by atoms with Gasteiger partial charge in [-0.05, 0) is 38.5 Å². The maximum absolute atomic E-state index is 4.23. The minimum Gasteiger partial charge on any atom is -0.356 e. The molecule has 0 aliphatic heterocycles. The Kier molecular flexibility index (Phi) is 7.94. The number of nitrogens with one attached hydrogen (secondary N) is 2. The molecule has 0 spiro atoms. The summed E-state index contributed by atoms with van der Waals surface area (Å²) in [6.45, 7) is 5.12. The molecule has 2 N–H and O–H groups in total. The second-order valence-electron chi connectivity index (χ2n) is 5.20. The lowest BCUT2D eigenvalue weighted by Crippen LogP contribution is -2.38. The summed E-state index contributed by atoms with van der Waals surface area (Å²) in [5.74, 6) is 2.91. The van der Waals surface area contributed by atoms with Crippen molar-refractivity contribution in [3.8, 4) is 0 Å². The van der Waals surface area contributed by atoms with Crippen LogP contribution in [0.2, 0.25) is 0 Å². The minimum absolute atomic E-state index is 0. The SMILES string of the molecule is CN=C(NCCCCn1ccnc1C)NCC1CC1.I. The molecule has 1 aliphatic rings.